The van der Waals surface area contributed by atoms with Gasteiger partial charge in [-0.1, -0.05) is 37.3 Å². The van der Waals surface area contributed by atoms with E-state index in [0.29, 0.717) is 25.1 Å². The molecule has 0 unspecified atom stereocenters. The van der Waals surface area contributed by atoms with Gasteiger partial charge in [-0.15, -0.1) is 0 Å². The third-order valence-electron chi connectivity index (χ3n) is 4.59. The van der Waals surface area contributed by atoms with Gasteiger partial charge in [0.15, 0.2) is 0 Å². The van der Waals surface area contributed by atoms with Gasteiger partial charge >= 0.3 is 6.03 Å². The Kier molecular flexibility index (Phi) is 6.86. The zero-order chi connectivity index (χ0) is 16.7. The molecule has 0 spiro atoms. The number of nitrogens with zero attached hydrogens (tertiary/aromatic N) is 2. The normalized spacial score (nSPS) is 21.9. The highest BCUT2D eigenvalue weighted by atomic mass is 16.5. The lowest BCUT2D eigenvalue weighted by molar-refractivity contribution is 0.0883. The standard InChI is InChI=1S/C18H29N3O2/c1-15-13-21(14-16-7-5-4-6-8-16)11-9-17(15)20(2)18(22)19-10-12-23-3/h4-8,15,17H,9-14H2,1-3H3,(H,19,22)/t15-,17+/m0/s1. The van der Waals surface area contributed by atoms with Crippen LogP contribution in [0.15, 0.2) is 30.3 Å². The van der Waals surface area contributed by atoms with Gasteiger partial charge in [-0.2, -0.15) is 0 Å². The van der Waals surface area contributed by atoms with Crippen LogP contribution in [0.3, 0.4) is 0 Å². The fourth-order valence-electron chi connectivity index (χ4n) is 3.32. The van der Waals surface area contributed by atoms with Crippen molar-refractivity contribution in [3.8, 4) is 0 Å². The first-order chi connectivity index (χ1) is 11.1. The Bertz CT molecular complexity index is 480. The molecule has 0 aromatic heterocycles. The summed E-state index contributed by atoms with van der Waals surface area (Å²) in [5.41, 5.74) is 1.35. The van der Waals surface area contributed by atoms with E-state index in [2.05, 4.69) is 47.5 Å². The highest BCUT2D eigenvalue weighted by molar-refractivity contribution is 5.74. The minimum Gasteiger partial charge on any atom is -0.383 e. The third-order valence-corrected chi connectivity index (χ3v) is 4.59. The van der Waals surface area contributed by atoms with E-state index < -0.39 is 0 Å². The minimum atomic E-state index is -0.00425. The third kappa shape index (κ3) is 5.22. The molecule has 1 fully saturated rings. The number of ether oxygens (including phenoxy) is 1. The molecule has 5 heteroatoms. The van der Waals surface area contributed by atoms with E-state index in [1.807, 2.05) is 11.9 Å². The first-order valence-corrected chi connectivity index (χ1v) is 8.37. The summed E-state index contributed by atoms with van der Waals surface area (Å²) < 4.78 is 4.97. The summed E-state index contributed by atoms with van der Waals surface area (Å²) in [5, 5.41) is 2.90. The summed E-state index contributed by atoms with van der Waals surface area (Å²) in [7, 11) is 3.54. The van der Waals surface area contributed by atoms with Crippen LogP contribution in [0.25, 0.3) is 0 Å². The average molecular weight is 319 g/mol. The topological polar surface area (TPSA) is 44.8 Å². The Hall–Kier alpha value is -1.59. The van der Waals surface area contributed by atoms with Gasteiger partial charge in [0.05, 0.1) is 6.61 Å². The number of amides is 2. The lowest BCUT2D eigenvalue weighted by Crippen LogP contribution is -2.53. The molecule has 128 valence electrons. The van der Waals surface area contributed by atoms with Crippen molar-refractivity contribution in [1.29, 1.82) is 0 Å². The quantitative estimate of drug-likeness (QED) is 0.818. The molecule has 0 saturated carbocycles. The average Bonchev–Trinajstić information content (AvgIpc) is 2.55. The molecule has 1 heterocycles. The lowest BCUT2D eigenvalue weighted by Gasteiger charge is -2.41. The summed E-state index contributed by atoms with van der Waals surface area (Å²) >= 11 is 0. The molecule has 2 rings (SSSR count). The van der Waals surface area contributed by atoms with Gasteiger partial charge in [0.25, 0.3) is 0 Å². The molecular weight excluding hydrogens is 290 g/mol. The van der Waals surface area contributed by atoms with Gasteiger partial charge in [0.1, 0.15) is 0 Å². The predicted molar refractivity (Wildman–Crippen MR) is 92.3 cm³/mol. The maximum Gasteiger partial charge on any atom is 0.317 e. The number of rotatable bonds is 6. The van der Waals surface area contributed by atoms with Gasteiger partial charge in [-0.3, -0.25) is 4.90 Å². The molecule has 23 heavy (non-hydrogen) atoms. The van der Waals surface area contributed by atoms with Crippen molar-refractivity contribution in [3.05, 3.63) is 35.9 Å². The molecule has 2 atom stereocenters. The largest absolute Gasteiger partial charge is 0.383 e. The van der Waals surface area contributed by atoms with Crippen molar-refractivity contribution in [1.82, 2.24) is 15.1 Å². The van der Waals surface area contributed by atoms with E-state index in [0.717, 1.165) is 26.1 Å². The van der Waals surface area contributed by atoms with E-state index in [9.17, 15) is 4.79 Å². The fourth-order valence-corrected chi connectivity index (χ4v) is 3.32. The Balaban J connectivity index is 1.82. The molecule has 0 aliphatic carbocycles. The maximum absolute atomic E-state index is 12.2. The number of methoxy groups -OCH3 is 1. The Morgan fingerprint density at radius 3 is 2.78 bits per heavy atom. The molecule has 5 nitrogen and oxygen atoms in total. The van der Waals surface area contributed by atoms with Crippen molar-refractivity contribution in [2.45, 2.75) is 25.9 Å². The number of piperidine rings is 1. The van der Waals surface area contributed by atoms with E-state index in [-0.39, 0.29) is 6.03 Å². The number of hydrogen-bond donors (Lipinski definition) is 1. The van der Waals surface area contributed by atoms with E-state index in [4.69, 9.17) is 4.74 Å². The van der Waals surface area contributed by atoms with Crippen LogP contribution in [0.2, 0.25) is 0 Å². The summed E-state index contributed by atoms with van der Waals surface area (Å²) in [6.07, 6.45) is 1.02. The number of carbonyl (C=O) groups excluding carboxylic acids is 1. The second-order valence-corrected chi connectivity index (χ2v) is 6.39. The molecule has 1 aromatic rings. The van der Waals surface area contributed by atoms with Gasteiger partial charge in [0.2, 0.25) is 0 Å². The fraction of sp³-hybridized carbons (Fsp3) is 0.611. The van der Waals surface area contributed by atoms with Crippen molar-refractivity contribution in [3.63, 3.8) is 0 Å². The van der Waals surface area contributed by atoms with Crippen molar-refractivity contribution in [2.24, 2.45) is 5.92 Å². The zero-order valence-electron chi connectivity index (χ0n) is 14.5. The van der Waals surface area contributed by atoms with Crippen LogP contribution in [0.4, 0.5) is 4.79 Å². The van der Waals surface area contributed by atoms with Gasteiger partial charge in [0, 0.05) is 46.4 Å². The van der Waals surface area contributed by atoms with Crippen LogP contribution >= 0.6 is 0 Å². The second-order valence-electron chi connectivity index (χ2n) is 6.39. The minimum absolute atomic E-state index is 0.00425. The molecule has 1 aromatic carbocycles. The predicted octanol–water partition coefficient (Wildman–Crippen LogP) is 2.18. The van der Waals surface area contributed by atoms with Crippen molar-refractivity contribution >= 4 is 6.03 Å². The number of nitrogens with one attached hydrogen (secondary N) is 1. The molecule has 1 saturated heterocycles. The zero-order valence-corrected chi connectivity index (χ0v) is 14.5. The molecule has 0 radical (unpaired) electrons. The number of hydrogen-bond acceptors (Lipinski definition) is 3. The van der Waals surface area contributed by atoms with Gasteiger partial charge in [-0.05, 0) is 17.9 Å². The summed E-state index contributed by atoms with van der Waals surface area (Å²) in [4.78, 5) is 16.5. The Morgan fingerprint density at radius 2 is 2.13 bits per heavy atom. The van der Waals surface area contributed by atoms with Crippen LogP contribution < -0.4 is 5.32 Å². The summed E-state index contributed by atoms with van der Waals surface area (Å²) in [6.45, 7) is 6.38. The number of urea groups is 1. The molecule has 1 aliphatic rings. The monoisotopic (exact) mass is 319 g/mol. The highest BCUT2D eigenvalue weighted by Crippen LogP contribution is 2.22. The molecule has 1 N–H and O–H groups in total. The molecule has 2 amide bonds. The number of benzene rings is 1. The number of carbonyl (C=O) groups is 1. The SMILES string of the molecule is COCCNC(=O)N(C)[C@@H]1CCN(Cc2ccccc2)C[C@@H]1C. The Labute approximate surface area is 139 Å². The molecular formula is C18H29N3O2. The van der Waals surface area contributed by atoms with Crippen molar-refractivity contribution in [2.75, 3.05) is 40.4 Å². The highest BCUT2D eigenvalue weighted by Gasteiger charge is 2.30. The first kappa shape index (κ1) is 17.8. The van der Waals surface area contributed by atoms with Crippen LogP contribution in [0.1, 0.15) is 18.9 Å². The molecule has 1 aliphatic heterocycles. The van der Waals surface area contributed by atoms with E-state index in [1.54, 1.807) is 7.11 Å². The summed E-state index contributed by atoms with van der Waals surface area (Å²) in [5.74, 6) is 0.464. The van der Waals surface area contributed by atoms with Crippen LogP contribution in [0, 0.1) is 5.92 Å². The Morgan fingerprint density at radius 1 is 1.39 bits per heavy atom. The smallest absolute Gasteiger partial charge is 0.317 e. The van der Waals surface area contributed by atoms with E-state index in [1.165, 1.54) is 5.56 Å². The maximum atomic E-state index is 12.2. The first-order valence-electron chi connectivity index (χ1n) is 8.37. The van der Waals surface area contributed by atoms with Crippen molar-refractivity contribution < 1.29 is 9.53 Å². The van der Waals surface area contributed by atoms with Crippen LogP contribution in [0.5, 0.6) is 0 Å². The van der Waals surface area contributed by atoms with E-state index >= 15 is 0 Å². The number of likely N-dealkylation sites (tertiary alicyclic amines) is 1. The second kappa shape index (κ2) is 8.89. The molecule has 0 bridgehead atoms. The lowest BCUT2D eigenvalue weighted by atomic mass is 9.92. The summed E-state index contributed by atoms with van der Waals surface area (Å²) in [6, 6.07) is 10.9. The van der Waals surface area contributed by atoms with Gasteiger partial charge < -0.3 is 15.0 Å². The van der Waals surface area contributed by atoms with Crippen LogP contribution in [-0.2, 0) is 11.3 Å². The van der Waals surface area contributed by atoms with Gasteiger partial charge in [-0.25, -0.2) is 4.79 Å². The van der Waals surface area contributed by atoms with Crippen LogP contribution in [-0.4, -0.2) is 62.3 Å².